The fourth-order valence-corrected chi connectivity index (χ4v) is 1.82. The molecule has 11 heteroatoms. The molecule has 1 aromatic carbocycles. The van der Waals surface area contributed by atoms with E-state index in [4.69, 9.17) is 14.2 Å². The van der Waals surface area contributed by atoms with Crippen molar-refractivity contribution in [1.82, 2.24) is 0 Å². The van der Waals surface area contributed by atoms with Crippen molar-refractivity contribution in [3.05, 3.63) is 29.1 Å². The third-order valence-electron chi connectivity index (χ3n) is 2.80. The SMILES string of the molecule is O=C(CCOCCOCCOCCBr)Oc1c(F)c(F)c(F)c(F)c1F. The molecule has 0 unspecified atom stereocenters. The number of carbonyl (C=O) groups is 1. The van der Waals surface area contributed by atoms with Gasteiger partial charge in [0.1, 0.15) is 0 Å². The summed E-state index contributed by atoms with van der Waals surface area (Å²) in [5.41, 5.74) is 0. The Bertz CT molecular complexity index is 573. The van der Waals surface area contributed by atoms with Gasteiger partial charge in [0.15, 0.2) is 0 Å². The molecule has 1 aromatic rings. The Morgan fingerprint density at radius 3 is 1.62 bits per heavy atom. The fourth-order valence-electron chi connectivity index (χ4n) is 1.59. The Labute approximate surface area is 154 Å². The molecule has 0 saturated heterocycles. The van der Waals surface area contributed by atoms with Gasteiger partial charge in [-0.2, -0.15) is 8.78 Å². The van der Waals surface area contributed by atoms with Crippen LogP contribution in [0, 0.1) is 29.1 Å². The van der Waals surface area contributed by atoms with E-state index in [2.05, 4.69) is 20.7 Å². The number of rotatable bonds is 12. The molecule has 0 atom stereocenters. The van der Waals surface area contributed by atoms with Crippen LogP contribution in [0.5, 0.6) is 5.75 Å². The maximum absolute atomic E-state index is 13.3. The number of ether oxygens (including phenoxy) is 4. The van der Waals surface area contributed by atoms with Crippen molar-refractivity contribution in [3.8, 4) is 5.75 Å². The van der Waals surface area contributed by atoms with Gasteiger partial charge in [-0.1, -0.05) is 15.9 Å². The quantitative estimate of drug-likeness (QED) is 0.0931. The number of halogens is 6. The van der Waals surface area contributed by atoms with Crippen LogP contribution in [0.4, 0.5) is 22.0 Å². The van der Waals surface area contributed by atoms with Crippen molar-refractivity contribution >= 4 is 21.9 Å². The van der Waals surface area contributed by atoms with Gasteiger partial charge < -0.3 is 18.9 Å². The zero-order valence-electron chi connectivity index (χ0n) is 13.5. The van der Waals surface area contributed by atoms with E-state index in [0.29, 0.717) is 19.8 Å². The lowest BCUT2D eigenvalue weighted by Crippen LogP contribution is -2.16. The molecule has 0 bridgehead atoms. The van der Waals surface area contributed by atoms with Crippen LogP contribution >= 0.6 is 15.9 Å². The lowest BCUT2D eigenvalue weighted by molar-refractivity contribution is -0.136. The summed E-state index contributed by atoms with van der Waals surface area (Å²) in [6, 6.07) is 0. The summed E-state index contributed by atoms with van der Waals surface area (Å²) in [4.78, 5) is 11.4. The minimum absolute atomic E-state index is 0.133. The summed E-state index contributed by atoms with van der Waals surface area (Å²) in [5.74, 6) is -14.0. The van der Waals surface area contributed by atoms with Gasteiger partial charge >= 0.3 is 5.97 Å². The number of benzene rings is 1. The van der Waals surface area contributed by atoms with Crippen molar-refractivity contribution in [1.29, 1.82) is 0 Å². The van der Waals surface area contributed by atoms with E-state index in [1.807, 2.05) is 0 Å². The van der Waals surface area contributed by atoms with Gasteiger partial charge in [-0.25, -0.2) is 13.2 Å². The summed E-state index contributed by atoms with van der Waals surface area (Å²) < 4.78 is 85.0. The Hall–Kier alpha value is -1.30. The number of hydrogen-bond acceptors (Lipinski definition) is 5. The normalized spacial score (nSPS) is 11.0. The first-order valence-corrected chi connectivity index (χ1v) is 8.53. The van der Waals surface area contributed by atoms with E-state index < -0.39 is 47.2 Å². The van der Waals surface area contributed by atoms with E-state index >= 15 is 0 Å². The molecule has 1 rings (SSSR count). The van der Waals surface area contributed by atoms with Crippen molar-refractivity contribution in [3.63, 3.8) is 0 Å². The highest BCUT2D eigenvalue weighted by atomic mass is 79.9. The minimum atomic E-state index is -2.33. The number of carbonyl (C=O) groups excluding carboxylic acids is 1. The van der Waals surface area contributed by atoms with Crippen molar-refractivity contribution in [2.45, 2.75) is 6.42 Å². The summed E-state index contributed by atoms with van der Waals surface area (Å²) >= 11 is 3.19. The molecule has 0 fully saturated rings. The van der Waals surface area contributed by atoms with Crippen LogP contribution in [-0.4, -0.2) is 50.9 Å². The number of esters is 1. The smallest absolute Gasteiger partial charge is 0.313 e. The molecule has 0 N–H and O–H groups in total. The Morgan fingerprint density at radius 2 is 1.12 bits per heavy atom. The molecule has 0 aliphatic carbocycles. The predicted molar refractivity (Wildman–Crippen MR) is 82.7 cm³/mol. The van der Waals surface area contributed by atoms with Crippen LogP contribution in [0.3, 0.4) is 0 Å². The van der Waals surface area contributed by atoms with Gasteiger partial charge in [0, 0.05) is 5.33 Å². The molecular formula is C15H16BrF5O5. The second-order valence-corrected chi connectivity index (χ2v) is 5.44. The van der Waals surface area contributed by atoms with Gasteiger partial charge in [0.2, 0.25) is 34.8 Å². The molecule has 0 spiro atoms. The molecule has 0 aliphatic heterocycles. The molecular weight excluding hydrogens is 435 g/mol. The van der Waals surface area contributed by atoms with E-state index in [9.17, 15) is 26.7 Å². The first kappa shape index (κ1) is 22.7. The van der Waals surface area contributed by atoms with E-state index in [0.717, 1.165) is 5.33 Å². The minimum Gasteiger partial charge on any atom is -0.420 e. The zero-order valence-corrected chi connectivity index (χ0v) is 15.1. The standard InChI is InChI=1S/C15H16BrF5O5/c16-2-4-24-6-8-25-7-5-23-3-1-9(22)26-15-13(20)11(18)10(17)12(19)14(15)21/h1-8H2. The van der Waals surface area contributed by atoms with E-state index in [-0.39, 0.29) is 19.8 Å². The molecule has 148 valence electrons. The lowest BCUT2D eigenvalue weighted by Gasteiger charge is -2.09. The van der Waals surface area contributed by atoms with Crippen molar-refractivity contribution < 1.29 is 45.7 Å². The average Bonchev–Trinajstić information content (AvgIpc) is 2.63. The second kappa shape index (κ2) is 12.2. The van der Waals surface area contributed by atoms with Gasteiger partial charge in [0.25, 0.3) is 0 Å². The molecule has 0 aromatic heterocycles. The highest BCUT2D eigenvalue weighted by Crippen LogP contribution is 2.29. The topological polar surface area (TPSA) is 54.0 Å². The number of alkyl halides is 1. The van der Waals surface area contributed by atoms with Crippen LogP contribution in [-0.2, 0) is 19.0 Å². The van der Waals surface area contributed by atoms with Gasteiger partial charge in [-0.3, -0.25) is 4.79 Å². The third-order valence-corrected chi connectivity index (χ3v) is 3.13. The first-order valence-electron chi connectivity index (χ1n) is 7.41. The van der Waals surface area contributed by atoms with Gasteiger partial charge in [-0.15, -0.1) is 0 Å². The molecule has 0 saturated carbocycles. The van der Waals surface area contributed by atoms with E-state index in [1.165, 1.54) is 0 Å². The largest absolute Gasteiger partial charge is 0.420 e. The van der Waals surface area contributed by atoms with E-state index in [1.54, 1.807) is 0 Å². The first-order chi connectivity index (χ1) is 12.4. The summed E-state index contributed by atoms with van der Waals surface area (Å²) in [6.45, 7) is 1.51. The summed E-state index contributed by atoms with van der Waals surface area (Å²) in [6.07, 6.45) is -0.451. The average molecular weight is 451 g/mol. The zero-order chi connectivity index (χ0) is 19.5. The lowest BCUT2D eigenvalue weighted by atomic mass is 10.2. The van der Waals surface area contributed by atoms with Crippen LogP contribution < -0.4 is 4.74 Å². The van der Waals surface area contributed by atoms with Crippen molar-refractivity contribution in [2.24, 2.45) is 0 Å². The predicted octanol–water partition coefficient (Wildman–Crippen LogP) is 3.12. The fraction of sp³-hybridized carbons (Fsp3) is 0.533. The van der Waals surface area contributed by atoms with Crippen LogP contribution in [0.1, 0.15) is 6.42 Å². The number of hydrogen-bond donors (Lipinski definition) is 0. The monoisotopic (exact) mass is 450 g/mol. The van der Waals surface area contributed by atoms with Crippen LogP contribution in [0.25, 0.3) is 0 Å². The van der Waals surface area contributed by atoms with Crippen molar-refractivity contribution in [2.75, 3.05) is 45.0 Å². The summed E-state index contributed by atoms with van der Waals surface area (Å²) in [5, 5.41) is 0.719. The molecule has 26 heavy (non-hydrogen) atoms. The second-order valence-electron chi connectivity index (χ2n) is 4.65. The Balaban J connectivity index is 2.28. The Kier molecular flexibility index (Phi) is 10.6. The third kappa shape index (κ3) is 7.14. The van der Waals surface area contributed by atoms with Crippen LogP contribution in [0.15, 0.2) is 0 Å². The van der Waals surface area contributed by atoms with Gasteiger partial charge in [-0.05, 0) is 0 Å². The van der Waals surface area contributed by atoms with Crippen LogP contribution in [0.2, 0.25) is 0 Å². The highest BCUT2D eigenvalue weighted by molar-refractivity contribution is 9.09. The summed E-state index contributed by atoms with van der Waals surface area (Å²) in [7, 11) is 0. The molecule has 5 nitrogen and oxygen atoms in total. The molecule has 0 radical (unpaired) electrons. The van der Waals surface area contributed by atoms with Gasteiger partial charge in [0.05, 0.1) is 46.1 Å². The highest BCUT2D eigenvalue weighted by Gasteiger charge is 2.28. The Morgan fingerprint density at radius 1 is 0.692 bits per heavy atom. The maximum Gasteiger partial charge on any atom is 0.313 e. The maximum atomic E-state index is 13.3. The molecule has 0 aliphatic rings. The molecule has 0 heterocycles. The molecule has 0 amide bonds.